The number of ether oxygens (including phenoxy) is 1. The van der Waals surface area contributed by atoms with E-state index in [0.29, 0.717) is 0 Å². The van der Waals surface area contributed by atoms with Gasteiger partial charge in [-0.3, -0.25) is 4.79 Å². The maximum absolute atomic E-state index is 11.5. The minimum Gasteiger partial charge on any atom is -0.493 e. The number of aryl methyl sites for hydroxylation is 4. The molecule has 0 fully saturated rings. The molecule has 0 spiro atoms. The van der Waals surface area contributed by atoms with Crippen LogP contribution in [-0.2, 0) is 17.8 Å². The van der Waals surface area contributed by atoms with Gasteiger partial charge in [0.05, 0.1) is 17.6 Å². The molecular formula is C28H37N3O2. The number of rotatable bonds is 13. The normalized spacial score (nSPS) is 11.4. The standard InChI is InChI=1S/C28H37N3O2/c1-4-13-27(32)29-19-9-5-6-18-26-30-24-16-7-8-17-25(24)31(26)20-10-11-21-33-28-22(2)14-12-15-23(28)3/h4,7-8,12-17H,5-6,9-11,18-21H2,1-3H3,(H,29,32)/b13-4+. The number of fused-ring (bicyclic) bond motifs is 1. The van der Waals surface area contributed by atoms with Crippen LogP contribution >= 0.6 is 0 Å². The second kappa shape index (κ2) is 12.8. The Labute approximate surface area is 197 Å². The predicted octanol–water partition coefficient (Wildman–Crippen LogP) is 5.92. The van der Waals surface area contributed by atoms with Crippen molar-refractivity contribution in [1.29, 1.82) is 0 Å². The number of hydrogen-bond donors (Lipinski definition) is 1. The van der Waals surface area contributed by atoms with Crippen LogP contribution in [-0.4, -0.2) is 28.6 Å². The summed E-state index contributed by atoms with van der Waals surface area (Å²) in [5, 5.41) is 2.92. The number of carbonyl (C=O) groups is 1. The second-order valence-electron chi connectivity index (χ2n) is 8.55. The molecule has 0 bridgehead atoms. The number of imidazole rings is 1. The minimum atomic E-state index is -0.0131. The van der Waals surface area contributed by atoms with Crippen LogP contribution < -0.4 is 10.1 Å². The Balaban J connectivity index is 1.48. The van der Waals surface area contributed by atoms with Gasteiger partial charge >= 0.3 is 0 Å². The molecule has 0 atom stereocenters. The van der Waals surface area contributed by atoms with Crippen molar-refractivity contribution in [2.24, 2.45) is 0 Å². The number of hydrogen-bond acceptors (Lipinski definition) is 3. The van der Waals surface area contributed by atoms with Gasteiger partial charge in [0.15, 0.2) is 0 Å². The summed E-state index contributed by atoms with van der Waals surface area (Å²) in [5.41, 5.74) is 4.67. The molecule has 0 unspecified atom stereocenters. The quantitative estimate of drug-likeness (QED) is 0.261. The number of nitrogens with zero attached hydrogens (tertiary/aromatic N) is 2. The zero-order chi connectivity index (χ0) is 23.5. The number of allylic oxidation sites excluding steroid dienone is 1. The van der Waals surface area contributed by atoms with Crippen molar-refractivity contribution in [2.45, 2.75) is 65.8 Å². The fourth-order valence-corrected chi connectivity index (χ4v) is 4.15. The summed E-state index contributed by atoms with van der Waals surface area (Å²) in [6.07, 6.45) is 9.46. The first-order valence-electron chi connectivity index (χ1n) is 12.1. The third kappa shape index (κ3) is 7.21. The maximum Gasteiger partial charge on any atom is 0.243 e. The lowest BCUT2D eigenvalue weighted by Crippen LogP contribution is -2.21. The van der Waals surface area contributed by atoms with Gasteiger partial charge in [-0.05, 0) is 75.8 Å². The molecule has 1 N–H and O–H groups in total. The zero-order valence-electron chi connectivity index (χ0n) is 20.3. The fraction of sp³-hybridized carbons (Fsp3) is 0.429. The van der Waals surface area contributed by atoms with Crippen LogP contribution in [0.25, 0.3) is 11.0 Å². The van der Waals surface area contributed by atoms with E-state index in [1.54, 1.807) is 12.2 Å². The Morgan fingerprint density at radius 2 is 1.79 bits per heavy atom. The Kier molecular flexibility index (Phi) is 9.55. The first-order valence-corrected chi connectivity index (χ1v) is 12.1. The number of para-hydroxylation sites is 3. The first-order chi connectivity index (χ1) is 16.1. The van der Waals surface area contributed by atoms with Crippen molar-refractivity contribution in [1.82, 2.24) is 14.9 Å². The molecule has 3 aromatic rings. The monoisotopic (exact) mass is 447 g/mol. The summed E-state index contributed by atoms with van der Waals surface area (Å²) >= 11 is 0. The molecule has 0 aliphatic carbocycles. The molecule has 0 aliphatic heterocycles. The van der Waals surface area contributed by atoms with Crippen LogP contribution in [0.2, 0.25) is 0 Å². The highest BCUT2D eigenvalue weighted by Crippen LogP contribution is 2.23. The van der Waals surface area contributed by atoms with Crippen LogP contribution in [0.1, 0.15) is 56.0 Å². The number of unbranched alkanes of at least 4 members (excludes halogenated alkanes) is 3. The van der Waals surface area contributed by atoms with Crippen LogP contribution in [0, 0.1) is 13.8 Å². The van der Waals surface area contributed by atoms with Crippen LogP contribution in [0.3, 0.4) is 0 Å². The lowest BCUT2D eigenvalue weighted by molar-refractivity contribution is -0.116. The highest BCUT2D eigenvalue weighted by Gasteiger charge is 2.10. The lowest BCUT2D eigenvalue weighted by atomic mass is 10.1. The molecular weight excluding hydrogens is 410 g/mol. The van der Waals surface area contributed by atoms with Crippen LogP contribution in [0.15, 0.2) is 54.6 Å². The van der Waals surface area contributed by atoms with E-state index in [1.807, 2.05) is 6.92 Å². The summed E-state index contributed by atoms with van der Waals surface area (Å²) in [5.74, 6) is 2.17. The largest absolute Gasteiger partial charge is 0.493 e. The number of amides is 1. The van der Waals surface area contributed by atoms with Gasteiger partial charge in [0.25, 0.3) is 0 Å². The molecule has 5 heteroatoms. The van der Waals surface area contributed by atoms with E-state index >= 15 is 0 Å². The number of carbonyl (C=O) groups excluding carboxylic acids is 1. The van der Waals surface area contributed by atoms with Crippen molar-refractivity contribution < 1.29 is 9.53 Å². The molecule has 0 radical (unpaired) electrons. The summed E-state index contributed by atoms with van der Waals surface area (Å²) in [6, 6.07) is 14.7. The first kappa shape index (κ1) is 24.6. The molecule has 33 heavy (non-hydrogen) atoms. The third-order valence-electron chi connectivity index (χ3n) is 5.86. The van der Waals surface area contributed by atoms with Crippen LogP contribution in [0.4, 0.5) is 0 Å². The molecule has 0 saturated carbocycles. The minimum absolute atomic E-state index is 0.0131. The number of nitrogens with one attached hydrogen (secondary N) is 1. The summed E-state index contributed by atoms with van der Waals surface area (Å²) in [7, 11) is 0. The van der Waals surface area contributed by atoms with Gasteiger partial charge in [0, 0.05) is 19.5 Å². The van der Waals surface area contributed by atoms with Gasteiger partial charge in [-0.25, -0.2) is 4.98 Å². The highest BCUT2D eigenvalue weighted by molar-refractivity contribution is 5.87. The second-order valence-corrected chi connectivity index (χ2v) is 8.55. The summed E-state index contributed by atoms with van der Waals surface area (Å²) < 4.78 is 8.46. The molecule has 1 heterocycles. The molecule has 5 nitrogen and oxygen atoms in total. The van der Waals surface area contributed by atoms with E-state index in [1.165, 1.54) is 16.6 Å². The molecule has 2 aromatic carbocycles. The van der Waals surface area contributed by atoms with Crippen molar-refractivity contribution >= 4 is 16.9 Å². The van der Waals surface area contributed by atoms with E-state index in [2.05, 4.69) is 66.2 Å². The molecule has 0 aliphatic rings. The van der Waals surface area contributed by atoms with Gasteiger partial charge < -0.3 is 14.6 Å². The summed E-state index contributed by atoms with van der Waals surface area (Å²) in [6.45, 7) is 8.45. The summed E-state index contributed by atoms with van der Waals surface area (Å²) in [4.78, 5) is 16.4. The van der Waals surface area contributed by atoms with Crippen molar-refractivity contribution in [3.63, 3.8) is 0 Å². The Morgan fingerprint density at radius 3 is 2.58 bits per heavy atom. The van der Waals surface area contributed by atoms with Gasteiger partial charge in [-0.1, -0.05) is 42.8 Å². The van der Waals surface area contributed by atoms with Gasteiger partial charge in [0.2, 0.25) is 5.91 Å². The van der Waals surface area contributed by atoms with Crippen LogP contribution in [0.5, 0.6) is 5.75 Å². The molecule has 0 saturated heterocycles. The van der Waals surface area contributed by atoms with E-state index in [4.69, 9.17) is 9.72 Å². The predicted molar refractivity (Wildman–Crippen MR) is 136 cm³/mol. The van der Waals surface area contributed by atoms with Crippen molar-refractivity contribution in [3.05, 3.63) is 71.6 Å². The number of benzene rings is 2. The van der Waals surface area contributed by atoms with Gasteiger partial charge in [0.1, 0.15) is 11.6 Å². The zero-order valence-corrected chi connectivity index (χ0v) is 20.3. The average Bonchev–Trinajstić information content (AvgIpc) is 3.15. The van der Waals surface area contributed by atoms with Gasteiger partial charge in [-0.15, -0.1) is 0 Å². The Hall–Kier alpha value is -3.08. The average molecular weight is 448 g/mol. The van der Waals surface area contributed by atoms with Crippen molar-refractivity contribution in [2.75, 3.05) is 13.2 Å². The topological polar surface area (TPSA) is 56.2 Å². The Morgan fingerprint density at radius 1 is 1.00 bits per heavy atom. The van der Waals surface area contributed by atoms with Crippen molar-refractivity contribution in [3.8, 4) is 5.75 Å². The van der Waals surface area contributed by atoms with E-state index in [9.17, 15) is 4.79 Å². The molecule has 3 rings (SSSR count). The maximum atomic E-state index is 11.5. The highest BCUT2D eigenvalue weighted by atomic mass is 16.5. The van der Waals surface area contributed by atoms with E-state index < -0.39 is 0 Å². The molecule has 1 amide bonds. The van der Waals surface area contributed by atoms with E-state index in [0.717, 1.165) is 75.3 Å². The fourth-order valence-electron chi connectivity index (χ4n) is 4.15. The van der Waals surface area contributed by atoms with Gasteiger partial charge in [-0.2, -0.15) is 0 Å². The Bertz CT molecular complexity index is 1050. The van der Waals surface area contributed by atoms with E-state index in [-0.39, 0.29) is 5.91 Å². The third-order valence-corrected chi connectivity index (χ3v) is 5.86. The lowest BCUT2D eigenvalue weighted by Gasteiger charge is -2.13. The SMILES string of the molecule is C/C=C/C(=O)NCCCCCc1nc2ccccc2n1CCCCOc1c(C)cccc1C. The molecule has 176 valence electrons. The molecule has 1 aromatic heterocycles. The number of aromatic nitrogens is 2. The smallest absolute Gasteiger partial charge is 0.243 e.